The van der Waals surface area contributed by atoms with Crippen LogP contribution in [0.2, 0.25) is 5.02 Å². The fourth-order valence-electron chi connectivity index (χ4n) is 1.52. The van der Waals surface area contributed by atoms with Crippen molar-refractivity contribution in [2.45, 2.75) is 6.18 Å². The van der Waals surface area contributed by atoms with E-state index in [2.05, 4.69) is 15.3 Å². The maximum atomic E-state index is 12.5. The van der Waals surface area contributed by atoms with Gasteiger partial charge in [0.05, 0.1) is 22.5 Å². The first-order valence-corrected chi connectivity index (χ1v) is 6.40. The number of halogens is 4. The summed E-state index contributed by atoms with van der Waals surface area (Å²) in [6.45, 7) is 0. The van der Waals surface area contributed by atoms with Crippen LogP contribution in [0.1, 0.15) is 16.1 Å². The number of pyridine rings is 2. The van der Waals surface area contributed by atoms with Gasteiger partial charge in [-0.3, -0.25) is 20.1 Å². The van der Waals surface area contributed by atoms with Crippen molar-refractivity contribution in [3.8, 4) is 0 Å². The third kappa shape index (κ3) is 4.39. The second kappa shape index (κ2) is 6.61. The molecule has 0 atom stereocenters. The summed E-state index contributed by atoms with van der Waals surface area (Å²) in [6, 6.07) is 2.71. The van der Waals surface area contributed by atoms with Crippen molar-refractivity contribution < 1.29 is 22.8 Å². The summed E-state index contributed by atoms with van der Waals surface area (Å²) >= 11 is 5.63. The van der Waals surface area contributed by atoms with E-state index in [1.807, 2.05) is 5.32 Å². The van der Waals surface area contributed by atoms with Gasteiger partial charge in [-0.25, -0.2) is 4.79 Å². The van der Waals surface area contributed by atoms with Crippen LogP contribution < -0.4 is 10.6 Å². The van der Waals surface area contributed by atoms with Crippen molar-refractivity contribution in [1.82, 2.24) is 15.3 Å². The van der Waals surface area contributed by atoms with Crippen LogP contribution in [0.5, 0.6) is 0 Å². The van der Waals surface area contributed by atoms with Crippen molar-refractivity contribution >= 4 is 29.2 Å². The predicted molar refractivity (Wildman–Crippen MR) is 75.0 cm³/mol. The molecule has 120 valence electrons. The van der Waals surface area contributed by atoms with Crippen LogP contribution in [0.4, 0.5) is 23.7 Å². The second-order valence-electron chi connectivity index (χ2n) is 4.20. The molecule has 0 spiro atoms. The highest BCUT2D eigenvalue weighted by Gasteiger charge is 2.33. The molecular formula is C13H8ClF3N4O2. The summed E-state index contributed by atoms with van der Waals surface area (Å²) < 4.78 is 37.4. The molecule has 0 aromatic carbocycles. The van der Waals surface area contributed by atoms with Crippen LogP contribution in [0.3, 0.4) is 0 Å². The lowest BCUT2D eigenvalue weighted by Crippen LogP contribution is -2.34. The van der Waals surface area contributed by atoms with Gasteiger partial charge in [-0.2, -0.15) is 13.2 Å². The highest BCUT2D eigenvalue weighted by Crippen LogP contribution is 2.30. The highest BCUT2D eigenvalue weighted by molar-refractivity contribution is 6.34. The van der Waals surface area contributed by atoms with Crippen LogP contribution >= 0.6 is 11.6 Å². The van der Waals surface area contributed by atoms with Gasteiger partial charge in [-0.1, -0.05) is 11.6 Å². The van der Waals surface area contributed by atoms with E-state index in [0.29, 0.717) is 18.0 Å². The molecule has 0 aliphatic rings. The van der Waals surface area contributed by atoms with E-state index >= 15 is 0 Å². The average molecular weight is 345 g/mol. The minimum atomic E-state index is -4.68. The SMILES string of the molecule is O=C(NC(=O)c1cnc(C(F)(F)F)cc1Cl)Nc1cccnc1. The molecule has 23 heavy (non-hydrogen) atoms. The molecule has 6 nitrogen and oxygen atoms in total. The number of carbonyl (C=O) groups excluding carboxylic acids is 2. The topological polar surface area (TPSA) is 84.0 Å². The maximum absolute atomic E-state index is 12.5. The van der Waals surface area contributed by atoms with E-state index in [1.54, 1.807) is 6.07 Å². The summed E-state index contributed by atoms with van der Waals surface area (Å²) in [4.78, 5) is 30.3. The first-order valence-electron chi connectivity index (χ1n) is 6.02. The molecule has 2 N–H and O–H groups in total. The monoisotopic (exact) mass is 344 g/mol. The van der Waals surface area contributed by atoms with E-state index in [9.17, 15) is 22.8 Å². The summed E-state index contributed by atoms with van der Waals surface area (Å²) in [5.41, 5.74) is -1.27. The molecule has 0 saturated carbocycles. The Morgan fingerprint density at radius 3 is 2.52 bits per heavy atom. The molecule has 2 rings (SSSR count). The van der Waals surface area contributed by atoms with Gasteiger partial charge in [-0.05, 0) is 18.2 Å². The largest absolute Gasteiger partial charge is 0.433 e. The number of hydrogen-bond acceptors (Lipinski definition) is 4. The van der Waals surface area contributed by atoms with Gasteiger partial charge in [0.15, 0.2) is 0 Å². The number of imide groups is 1. The Labute approximate surface area is 132 Å². The van der Waals surface area contributed by atoms with Gasteiger partial charge in [0.1, 0.15) is 5.69 Å². The zero-order valence-electron chi connectivity index (χ0n) is 11.2. The van der Waals surface area contributed by atoms with Gasteiger partial charge in [0.25, 0.3) is 5.91 Å². The van der Waals surface area contributed by atoms with Crippen molar-refractivity contribution in [3.05, 3.63) is 53.1 Å². The summed E-state index contributed by atoms with van der Waals surface area (Å²) in [7, 11) is 0. The van der Waals surface area contributed by atoms with Crippen molar-refractivity contribution in [2.24, 2.45) is 0 Å². The van der Waals surface area contributed by atoms with E-state index in [1.165, 1.54) is 18.5 Å². The number of hydrogen-bond donors (Lipinski definition) is 2. The van der Waals surface area contributed by atoms with Gasteiger partial charge >= 0.3 is 12.2 Å². The minimum Gasteiger partial charge on any atom is -0.306 e. The fraction of sp³-hybridized carbons (Fsp3) is 0.0769. The zero-order valence-corrected chi connectivity index (χ0v) is 11.9. The zero-order chi connectivity index (χ0) is 17.0. The number of anilines is 1. The quantitative estimate of drug-likeness (QED) is 0.876. The first-order chi connectivity index (χ1) is 10.8. The van der Waals surface area contributed by atoms with Crippen LogP contribution in [0.25, 0.3) is 0 Å². The number of aromatic nitrogens is 2. The number of nitrogens with one attached hydrogen (secondary N) is 2. The maximum Gasteiger partial charge on any atom is 0.433 e. The molecular weight excluding hydrogens is 337 g/mol. The molecule has 2 aromatic rings. The highest BCUT2D eigenvalue weighted by atomic mass is 35.5. The van der Waals surface area contributed by atoms with E-state index in [0.717, 1.165) is 0 Å². The molecule has 0 aliphatic heterocycles. The average Bonchev–Trinajstić information content (AvgIpc) is 2.46. The lowest BCUT2D eigenvalue weighted by Gasteiger charge is -2.09. The molecule has 0 fully saturated rings. The van der Waals surface area contributed by atoms with E-state index in [-0.39, 0.29) is 5.56 Å². The predicted octanol–water partition coefficient (Wildman–Crippen LogP) is 3.11. The van der Waals surface area contributed by atoms with Gasteiger partial charge < -0.3 is 5.32 Å². The normalized spacial score (nSPS) is 11.0. The van der Waals surface area contributed by atoms with Crippen molar-refractivity contribution in [3.63, 3.8) is 0 Å². The molecule has 2 aromatic heterocycles. The van der Waals surface area contributed by atoms with Crippen LogP contribution in [0, 0.1) is 0 Å². The molecule has 0 aliphatic carbocycles. The van der Waals surface area contributed by atoms with Crippen molar-refractivity contribution in [2.75, 3.05) is 5.32 Å². The molecule has 3 amide bonds. The molecule has 10 heteroatoms. The molecule has 0 radical (unpaired) electrons. The van der Waals surface area contributed by atoms with Crippen LogP contribution in [0.15, 0.2) is 36.8 Å². The Balaban J connectivity index is 2.07. The Hall–Kier alpha value is -2.68. The number of urea groups is 1. The van der Waals surface area contributed by atoms with Crippen LogP contribution in [-0.4, -0.2) is 21.9 Å². The van der Waals surface area contributed by atoms with E-state index < -0.39 is 28.8 Å². The lowest BCUT2D eigenvalue weighted by molar-refractivity contribution is -0.141. The lowest BCUT2D eigenvalue weighted by atomic mass is 10.2. The smallest absolute Gasteiger partial charge is 0.306 e. The summed E-state index contributed by atoms with van der Waals surface area (Å²) in [6.07, 6.45) is -1.20. The first kappa shape index (κ1) is 16.7. The van der Waals surface area contributed by atoms with Crippen molar-refractivity contribution in [1.29, 1.82) is 0 Å². The third-order valence-corrected chi connectivity index (χ3v) is 2.85. The number of nitrogens with zero attached hydrogens (tertiary/aromatic N) is 2. The number of alkyl halides is 3. The number of rotatable bonds is 2. The Kier molecular flexibility index (Phi) is 4.80. The standard InChI is InChI=1S/C13H8ClF3N4O2/c14-9-4-10(13(15,16)17)19-6-8(9)11(22)21-12(23)20-7-2-1-3-18-5-7/h1-6H,(H2,20,21,22,23). The molecule has 2 heterocycles. The fourth-order valence-corrected chi connectivity index (χ4v) is 1.76. The van der Waals surface area contributed by atoms with Gasteiger partial charge in [0.2, 0.25) is 0 Å². The Morgan fingerprint density at radius 2 is 1.96 bits per heavy atom. The second-order valence-corrected chi connectivity index (χ2v) is 4.60. The van der Waals surface area contributed by atoms with Crippen LogP contribution in [-0.2, 0) is 6.18 Å². The molecule has 0 unspecified atom stereocenters. The molecule has 0 bridgehead atoms. The summed E-state index contributed by atoms with van der Waals surface area (Å²) in [5.74, 6) is -0.988. The van der Waals surface area contributed by atoms with E-state index in [4.69, 9.17) is 11.6 Å². The Morgan fingerprint density at radius 1 is 1.22 bits per heavy atom. The third-order valence-electron chi connectivity index (χ3n) is 2.54. The number of amides is 3. The van der Waals surface area contributed by atoms with Gasteiger partial charge in [0, 0.05) is 12.4 Å². The number of carbonyl (C=O) groups is 2. The minimum absolute atomic E-state index is 0.328. The summed E-state index contributed by atoms with van der Waals surface area (Å²) in [5, 5.41) is 3.77. The Bertz CT molecular complexity index is 738. The van der Waals surface area contributed by atoms with Gasteiger partial charge in [-0.15, -0.1) is 0 Å². The molecule has 0 saturated heterocycles.